The molecule has 17 heavy (non-hydrogen) atoms. The van der Waals surface area contributed by atoms with E-state index in [1.54, 1.807) is 6.07 Å². The van der Waals surface area contributed by atoms with Gasteiger partial charge in [-0.05, 0) is 24.2 Å². The highest BCUT2D eigenvalue weighted by atomic mass is 19.1. The molecule has 0 aliphatic carbocycles. The number of hydrogen-bond donors (Lipinski definition) is 1. The number of ether oxygens (including phenoxy) is 2. The fourth-order valence-corrected chi connectivity index (χ4v) is 1.56. The number of hydrogen-bond acceptors (Lipinski definition) is 4. The minimum Gasteiger partial charge on any atom is -0.494 e. The maximum absolute atomic E-state index is 13.5. The van der Waals surface area contributed by atoms with Gasteiger partial charge in [0.1, 0.15) is 0 Å². The van der Waals surface area contributed by atoms with Crippen LogP contribution in [0, 0.1) is 5.82 Å². The summed E-state index contributed by atoms with van der Waals surface area (Å²) in [5.74, 6) is -0.907. The fourth-order valence-electron chi connectivity index (χ4n) is 1.56. The van der Waals surface area contributed by atoms with E-state index in [1.165, 1.54) is 26.4 Å². The van der Waals surface area contributed by atoms with Gasteiger partial charge in [-0.2, -0.15) is 0 Å². The van der Waals surface area contributed by atoms with Crippen molar-refractivity contribution >= 4 is 5.97 Å². The predicted molar refractivity (Wildman–Crippen MR) is 61.4 cm³/mol. The molecule has 0 aliphatic heterocycles. The molecule has 1 unspecified atom stereocenters. The minimum atomic E-state index is -0.465. The van der Waals surface area contributed by atoms with Gasteiger partial charge in [-0.15, -0.1) is 0 Å². The summed E-state index contributed by atoms with van der Waals surface area (Å²) in [7, 11) is 2.71. The van der Waals surface area contributed by atoms with Crippen LogP contribution in [0.25, 0.3) is 0 Å². The SMILES string of the molecule is COC(=O)CC(CN)c1ccc(OC)c(F)c1. The van der Waals surface area contributed by atoms with Crippen LogP contribution >= 0.6 is 0 Å². The average Bonchev–Trinajstić information content (AvgIpc) is 2.35. The summed E-state index contributed by atoms with van der Waals surface area (Å²) in [6, 6.07) is 4.55. The molecule has 0 amide bonds. The summed E-state index contributed by atoms with van der Waals surface area (Å²) in [5.41, 5.74) is 6.23. The Morgan fingerprint density at radius 3 is 2.65 bits per heavy atom. The van der Waals surface area contributed by atoms with Crippen molar-refractivity contribution < 1.29 is 18.7 Å². The van der Waals surface area contributed by atoms with E-state index < -0.39 is 5.82 Å². The second kappa shape index (κ2) is 6.20. The lowest BCUT2D eigenvalue weighted by molar-refractivity contribution is -0.141. The first kappa shape index (κ1) is 13.4. The van der Waals surface area contributed by atoms with Gasteiger partial charge in [-0.1, -0.05) is 6.07 Å². The normalized spacial score (nSPS) is 12.0. The Labute approximate surface area is 99.5 Å². The summed E-state index contributed by atoms with van der Waals surface area (Å²) in [6.07, 6.45) is 0.138. The molecule has 0 aliphatic rings. The number of esters is 1. The average molecular weight is 241 g/mol. The number of rotatable bonds is 5. The second-order valence-corrected chi connectivity index (χ2v) is 3.61. The van der Waals surface area contributed by atoms with Crippen LogP contribution in [0.15, 0.2) is 18.2 Å². The molecule has 1 aromatic rings. The molecule has 94 valence electrons. The van der Waals surface area contributed by atoms with E-state index in [4.69, 9.17) is 10.5 Å². The lowest BCUT2D eigenvalue weighted by atomic mass is 9.95. The maximum atomic E-state index is 13.5. The number of carbonyl (C=O) groups is 1. The molecule has 0 spiro atoms. The summed E-state index contributed by atoms with van der Waals surface area (Å²) < 4.78 is 22.9. The van der Waals surface area contributed by atoms with Crippen molar-refractivity contribution in [2.45, 2.75) is 12.3 Å². The van der Waals surface area contributed by atoms with Crippen LogP contribution in [0.1, 0.15) is 17.9 Å². The summed E-state index contributed by atoms with van der Waals surface area (Å²) in [4.78, 5) is 11.2. The topological polar surface area (TPSA) is 61.5 Å². The Morgan fingerprint density at radius 1 is 1.47 bits per heavy atom. The third-order valence-corrected chi connectivity index (χ3v) is 2.57. The molecule has 4 nitrogen and oxygen atoms in total. The molecule has 1 rings (SSSR count). The highest BCUT2D eigenvalue weighted by molar-refractivity contribution is 5.70. The van der Waals surface area contributed by atoms with Gasteiger partial charge in [0.25, 0.3) is 0 Å². The predicted octanol–water partition coefficient (Wildman–Crippen LogP) is 1.44. The lowest BCUT2D eigenvalue weighted by Crippen LogP contribution is -2.17. The van der Waals surface area contributed by atoms with Crippen molar-refractivity contribution in [3.8, 4) is 5.75 Å². The second-order valence-electron chi connectivity index (χ2n) is 3.61. The van der Waals surface area contributed by atoms with Crippen LogP contribution in [-0.2, 0) is 9.53 Å². The first-order chi connectivity index (χ1) is 8.12. The lowest BCUT2D eigenvalue weighted by Gasteiger charge is -2.14. The Hall–Kier alpha value is -1.62. The van der Waals surface area contributed by atoms with Crippen molar-refractivity contribution in [3.63, 3.8) is 0 Å². The van der Waals surface area contributed by atoms with E-state index in [9.17, 15) is 9.18 Å². The molecule has 5 heteroatoms. The zero-order chi connectivity index (χ0) is 12.8. The first-order valence-corrected chi connectivity index (χ1v) is 5.22. The molecule has 0 fully saturated rings. The van der Waals surface area contributed by atoms with Gasteiger partial charge >= 0.3 is 5.97 Å². The van der Waals surface area contributed by atoms with E-state index in [-0.39, 0.29) is 30.6 Å². The van der Waals surface area contributed by atoms with Gasteiger partial charge < -0.3 is 15.2 Å². The van der Waals surface area contributed by atoms with E-state index >= 15 is 0 Å². The Morgan fingerprint density at radius 2 is 2.18 bits per heavy atom. The quantitative estimate of drug-likeness (QED) is 0.792. The van der Waals surface area contributed by atoms with Crippen LogP contribution < -0.4 is 10.5 Å². The van der Waals surface area contributed by atoms with E-state index in [1.807, 2.05) is 0 Å². The maximum Gasteiger partial charge on any atom is 0.306 e. The van der Waals surface area contributed by atoms with Crippen molar-refractivity contribution in [3.05, 3.63) is 29.6 Å². The first-order valence-electron chi connectivity index (χ1n) is 5.22. The summed E-state index contributed by atoms with van der Waals surface area (Å²) in [6.45, 7) is 0.251. The largest absolute Gasteiger partial charge is 0.494 e. The summed E-state index contributed by atoms with van der Waals surface area (Å²) in [5, 5.41) is 0. The molecule has 1 aromatic carbocycles. The van der Waals surface area contributed by atoms with Gasteiger partial charge in [-0.25, -0.2) is 4.39 Å². The van der Waals surface area contributed by atoms with E-state index in [0.29, 0.717) is 5.56 Å². The van der Waals surface area contributed by atoms with Gasteiger partial charge in [0, 0.05) is 5.92 Å². The molecular weight excluding hydrogens is 225 g/mol. The molecule has 0 radical (unpaired) electrons. The van der Waals surface area contributed by atoms with Crippen LogP contribution in [0.4, 0.5) is 4.39 Å². The molecule has 2 N–H and O–H groups in total. The number of halogens is 1. The number of methoxy groups -OCH3 is 2. The van der Waals surface area contributed by atoms with Crippen molar-refractivity contribution in [1.29, 1.82) is 0 Å². The highest BCUT2D eigenvalue weighted by Crippen LogP contribution is 2.24. The standard InChI is InChI=1S/C12H16FNO3/c1-16-11-4-3-8(5-10(11)13)9(7-14)6-12(15)17-2/h3-5,9H,6-7,14H2,1-2H3. The zero-order valence-electron chi connectivity index (χ0n) is 9.90. The fraction of sp³-hybridized carbons (Fsp3) is 0.417. The van der Waals surface area contributed by atoms with Crippen molar-refractivity contribution in [1.82, 2.24) is 0 Å². The molecule has 0 bridgehead atoms. The number of carbonyl (C=O) groups excluding carboxylic acids is 1. The third kappa shape index (κ3) is 3.42. The smallest absolute Gasteiger partial charge is 0.306 e. The minimum absolute atomic E-state index is 0.138. The molecule has 0 aromatic heterocycles. The van der Waals surface area contributed by atoms with Crippen LogP contribution in [-0.4, -0.2) is 26.7 Å². The monoisotopic (exact) mass is 241 g/mol. The Bertz CT molecular complexity index is 395. The van der Waals surface area contributed by atoms with Gasteiger partial charge in [0.05, 0.1) is 20.6 Å². The third-order valence-electron chi connectivity index (χ3n) is 2.57. The highest BCUT2D eigenvalue weighted by Gasteiger charge is 2.16. The summed E-state index contributed by atoms with van der Waals surface area (Å²) >= 11 is 0. The number of nitrogens with two attached hydrogens (primary N) is 1. The van der Waals surface area contributed by atoms with Crippen LogP contribution in [0.3, 0.4) is 0 Å². The van der Waals surface area contributed by atoms with E-state index in [0.717, 1.165) is 0 Å². The van der Waals surface area contributed by atoms with Gasteiger partial charge in [0.2, 0.25) is 0 Å². The Kier molecular flexibility index (Phi) is 4.90. The Balaban J connectivity index is 2.88. The van der Waals surface area contributed by atoms with Gasteiger partial charge in [-0.3, -0.25) is 4.79 Å². The number of benzene rings is 1. The molecule has 0 heterocycles. The van der Waals surface area contributed by atoms with Crippen LogP contribution in [0.2, 0.25) is 0 Å². The molecular formula is C12H16FNO3. The van der Waals surface area contributed by atoms with E-state index in [2.05, 4.69) is 4.74 Å². The van der Waals surface area contributed by atoms with Crippen LogP contribution in [0.5, 0.6) is 5.75 Å². The van der Waals surface area contributed by atoms with Gasteiger partial charge in [0.15, 0.2) is 11.6 Å². The molecule has 1 atom stereocenters. The molecule has 0 saturated carbocycles. The van der Waals surface area contributed by atoms with Crippen molar-refractivity contribution in [2.75, 3.05) is 20.8 Å². The van der Waals surface area contributed by atoms with Crippen molar-refractivity contribution in [2.24, 2.45) is 5.73 Å². The zero-order valence-corrected chi connectivity index (χ0v) is 9.90. The molecule has 0 saturated heterocycles.